The van der Waals surface area contributed by atoms with Gasteiger partial charge in [0.25, 0.3) is 5.56 Å². The van der Waals surface area contributed by atoms with E-state index in [1.165, 1.54) is 7.11 Å². The highest BCUT2D eigenvalue weighted by Gasteiger charge is 2.10. The van der Waals surface area contributed by atoms with E-state index in [-0.39, 0.29) is 12.1 Å². The summed E-state index contributed by atoms with van der Waals surface area (Å²) in [5, 5.41) is 4.03. The van der Waals surface area contributed by atoms with Gasteiger partial charge in [-0.3, -0.25) is 14.0 Å². The molecule has 2 aromatic rings. The quantitative estimate of drug-likeness (QED) is 0.668. The lowest BCUT2D eigenvalue weighted by molar-refractivity contribution is -0.141. The van der Waals surface area contributed by atoms with Crippen molar-refractivity contribution >= 4 is 11.5 Å². The Labute approximate surface area is 91.1 Å². The fourth-order valence-corrected chi connectivity index (χ4v) is 1.53. The van der Waals surface area contributed by atoms with E-state index >= 15 is 0 Å². The van der Waals surface area contributed by atoms with Crippen molar-refractivity contribution in [3.05, 3.63) is 34.5 Å². The molecule has 0 aliphatic carbocycles. The van der Waals surface area contributed by atoms with Crippen molar-refractivity contribution in [3.63, 3.8) is 0 Å². The first-order valence-electron chi connectivity index (χ1n) is 4.75. The summed E-state index contributed by atoms with van der Waals surface area (Å²) in [4.78, 5) is 23.0. The molecule has 6 nitrogen and oxygen atoms in total. The van der Waals surface area contributed by atoms with Crippen LogP contribution < -0.4 is 5.56 Å². The number of ether oxygens (including phenoxy) is 1. The summed E-state index contributed by atoms with van der Waals surface area (Å²) < 4.78 is 7.28. The third kappa shape index (κ3) is 1.58. The molecule has 0 aliphatic heterocycles. The summed E-state index contributed by atoms with van der Waals surface area (Å²) in [6.45, 7) is 1.60. The Balaban J connectivity index is 2.58. The van der Waals surface area contributed by atoms with Gasteiger partial charge in [0.15, 0.2) is 0 Å². The Kier molecular flexibility index (Phi) is 2.47. The van der Waals surface area contributed by atoms with E-state index in [4.69, 9.17) is 0 Å². The maximum atomic E-state index is 11.9. The highest BCUT2D eigenvalue weighted by molar-refractivity contribution is 5.68. The summed E-state index contributed by atoms with van der Waals surface area (Å²) in [5.41, 5.74) is 0.192. The molecule has 6 heteroatoms. The minimum absolute atomic E-state index is 0.169. The molecule has 84 valence electrons. The number of fused-ring (bicyclic) bond motifs is 1. The van der Waals surface area contributed by atoms with Crippen LogP contribution >= 0.6 is 0 Å². The Bertz CT molecular complexity index is 597. The van der Waals surface area contributed by atoms with Gasteiger partial charge in [-0.05, 0) is 19.1 Å². The molecular formula is C10H11N3O3. The van der Waals surface area contributed by atoms with Crippen molar-refractivity contribution in [3.8, 4) is 0 Å². The van der Waals surface area contributed by atoms with Gasteiger partial charge in [-0.25, -0.2) is 4.68 Å². The Hall–Kier alpha value is -2.11. The summed E-state index contributed by atoms with van der Waals surface area (Å²) >= 11 is 0. The van der Waals surface area contributed by atoms with E-state index in [1.54, 1.807) is 29.7 Å². The first-order valence-corrected chi connectivity index (χ1v) is 4.75. The standard InChI is InChI=1S/C10H11N3O3/c1-7-11-13(6-9(14)16-2)10(15)8-4-3-5-12(7)8/h3-5H,6H2,1-2H3. The summed E-state index contributed by atoms with van der Waals surface area (Å²) in [6.07, 6.45) is 1.75. The van der Waals surface area contributed by atoms with Gasteiger partial charge >= 0.3 is 5.97 Å². The minimum atomic E-state index is -0.495. The van der Waals surface area contributed by atoms with Crippen molar-refractivity contribution in [1.29, 1.82) is 0 Å². The van der Waals surface area contributed by atoms with Gasteiger partial charge in [-0.1, -0.05) is 0 Å². The molecule has 0 bridgehead atoms. The molecule has 0 radical (unpaired) electrons. The van der Waals surface area contributed by atoms with Crippen LogP contribution in [0.3, 0.4) is 0 Å². The van der Waals surface area contributed by atoms with Gasteiger partial charge in [-0.2, -0.15) is 5.10 Å². The lowest BCUT2D eigenvalue weighted by Crippen LogP contribution is -2.29. The first kappa shape index (κ1) is 10.4. The first-order chi connectivity index (χ1) is 7.63. The predicted molar refractivity (Wildman–Crippen MR) is 56.2 cm³/mol. The van der Waals surface area contributed by atoms with E-state index < -0.39 is 5.97 Å². The van der Waals surface area contributed by atoms with E-state index in [9.17, 15) is 9.59 Å². The van der Waals surface area contributed by atoms with Crippen LogP contribution in [0.4, 0.5) is 0 Å². The second kappa shape index (κ2) is 3.80. The normalized spacial score (nSPS) is 10.6. The fourth-order valence-electron chi connectivity index (χ4n) is 1.53. The van der Waals surface area contributed by atoms with Gasteiger partial charge in [-0.15, -0.1) is 0 Å². The zero-order valence-electron chi connectivity index (χ0n) is 9.01. The lowest BCUT2D eigenvalue weighted by atomic mass is 10.5. The van der Waals surface area contributed by atoms with Gasteiger partial charge in [0.1, 0.15) is 17.9 Å². The van der Waals surface area contributed by atoms with Crippen molar-refractivity contribution in [1.82, 2.24) is 14.2 Å². The smallest absolute Gasteiger partial charge is 0.327 e. The average molecular weight is 221 g/mol. The van der Waals surface area contributed by atoms with Crippen LogP contribution in [-0.2, 0) is 16.1 Å². The molecule has 16 heavy (non-hydrogen) atoms. The molecule has 0 saturated heterocycles. The molecule has 0 N–H and O–H groups in total. The van der Waals surface area contributed by atoms with Crippen molar-refractivity contribution in [2.24, 2.45) is 0 Å². The number of methoxy groups -OCH3 is 1. The molecule has 0 atom stereocenters. The van der Waals surface area contributed by atoms with Gasteiger partial charge < -0.3 is 4.74 Å². The fraction of sp³-hybridized carbons (Fsp3) is 0.300. The molecule has 2 rings (SSSR count). The van der Waals surface area contributed by atoms with Crippen LogP contribution in [0.15, 0.2) is 23.1 Å². The Morgan fingerprint density at radius 1 is 1.56 bits per heavy atom. The highest BCUT2D eigenvalue weighted by Crippen LogP contribution is 2.00. The Morgan fingerprint density at radius 2 is 2.31 bits per heavy atom. The van der Waals surface area contributed by atoms with E-state index in [2.05, 4.69) is 9.84 Å². The Morgan fingerprint density at radius 3 is 3.00 bits per heavy atom. The number of hydrogen-bond acceptors (Lipinski definition) is 4. The van der Waals surface area contributed by atoms with Crippen molar-refractivity contribution in [2.45, 2.75) is 13.5 Å². The highest BCUT2D eigenvalue weighted by atomic mass is 16.5. The zero-order chi connectivity index (χ0) is 11.7. The van der Waals surface area contributed by atoms with E-state index in [0.29, 0.717) is 11.3 Å². The second-order valence-electron chi connectivity index (χ2n) is 3.35. The molecule has 0 saturated carbocycles. The number of nitrogens with zero attached hydrogens (tertiary/aromatic N) is 3. The van der Waals surface area contributed by atoms with Gasteiger partial charge in [0, 0.05) is 6.20 Å². The van der Waals surface area contributed by atoms with Gasteiger partial charge in [0.05, 0.1) is 7.11 Å². The molecule has 2 heterocycles. The third-order valence-electron chi connectivity index (χ3n) is 2.32. The molecule has 2 aromatic heterocycles. The molecular weight excluding hydrogens is 210 g/mol. The summed E-state index contributed by atoms with van der Waals surface area (Å²) in [5.74, 6) is 0.147. The number of carbonyl (C=O) groups excluding carboxylic acids is 1. The topological polar surface area (TPSA) is 65.6 Å². The maximum Gasteiger partial charge on any atom is 0.327 e. The second-order valence-corrected chi connectivity index (χ2v) is 3.35. The number of esters is 1. The van der Waals surface area contributed by atoms with Crippen LogP contribution in [-0.4, -0.2) is 27.3 Å². The molecule has 0 fully saturated rings. The number of aromatic nitrogens is 3. The molecule has 0 aromatic carbocycles. The van der Waals surface area contributed by atoms with Crippen LogP contribution in [0.25, 0.3) is 5.52 Å². The largest absolute Gasteiger partial charge is 0.468 e. The lowest BCUT2D eigenvalue weighted by Gasteiger charge is -2.06. The molecule has 0 unspecified atom stereocenters. The third-order valence-corrected chi connectivity index (χ3v) is 2.32. The van der Waals surface area contributed by atoms with Crippen molar-refractivity contribution in [2.75, 3.05) is 7.11 Å². The monoisotopic (exact) mass is 221 g/mol. The molecule has 0 amide bonds. The zero-order valence-corrected chi connectivity index (χ0v) is 9.01. The van der Waals surface area contributed by atoms with Gasteiger partial charge in [0.2, 0.25) is 0 Å². The number of carbonyl (C=O) groups is 1. The van der Waals surface area contributed by atoms with Crippen LogP contribution in [0.1, 0.15) is 5.82 Å². The van der Waals surface area contributed by atoms with Crippen LogP contribution in [0.2, 0.25) is 0 Å². The average Bonchev–Trinajstić information content (AvgIpc) is 2.74. The van der Waals surface area contributed by atoms with Crippen molar-refractivity contribution < 1.29 is 9.53 Å². The molecule has 0 spiro atoms. The van der Waals surface area contributed by atoms with E-state index in [0.717, 1.165) is 4.68 Å². The number of rotatable bonds is 2. The SMILES string of the molecule is COC(=O)Cn1nc(C)n2cccc2c1=O. The minimum Gasteiger partial charge on any atom is -0.468 e. The summed E-state index contributed by atoms with van der Waals surface area (Å²) in [7, 11) is 1.27. The van der Waals surface area contributed by atoms with E-state index in [1.807, 2.05) is 0 Å². The number of hydrogen-bond donors (Lipinski definition) is 0. The maximum absolute atomic E-state index is 11.9. The van der Waals surface area contributed by atoms with Crippen LogP contribution in [0, 0.1) is 6.92 Å². The number of aryl methyl sites for hydroxylation is 1. The predicted octanol–water partition coefficient (Wildman–Crippen LogP) is -0.0226. The summed E-state index contributed by atoms with van der Waals surface area (Å²) in [6, 6.07) is 3.44. The molecule has 0 aliphatic rings. The van der Waals surface area contributed by atoms with Crippen LogP contribution in [0.5, 0.6) is 0 Å².